The Kier molecular flexibility index (Phi) is 4.64. The lowest BCUT2D eigenvalue weighted by Crippen LogP contribution is -2.14. The highest BCUT2D eigenvalue weighted by Gasteiger charge is 2.12. The fourth-order valence-corrected chi connectivity index (χ4v) is 3.86. The van der Waals surface area contributed by atoms with E-state index in [1.807, 2.05) is 71.7 Å². The maximum atomic E-state index is 12.5. The number of hydrogen-bond donors (Lipinski definition) is 1. The van der Waals surface area contributed by atoms with Crippen molar-refractivity contribution < 1.29 is 9.53 Å². The maximum absolute atomic E-state index is 12.5. The van der Waals surface area contributed by atoms with Crippen molar-refractivity contribution in [1.29, 1.82) is 0 Å². The molecule has 0 saturated heterocycles. The van der Waals surface area contributed by atoms with Gasteiger partial charge in [0, 0.05) is 35.1 Å². The Hall–Kier alpha value is -3.12. The van der Waals surface area contributed by atoms with Crippen molar-refractivity contribution in [2.24, 2.45) is 7.05 Å². The minimum Gasteiger partial charge on any atom is -0.497 e. The maximum Gasteiger partial charge on any atom is 0.230 e. The number of rotatable bonds is 5. The van der Waals surface area contributed by atoms with Crippen LogP contribution in [0.1, 0.15) is 5.69 Å². The zero-order chi connectivity index (χ0) is 18.8. The summed E-state index contributed by atoms with van der Waals surface area (Å²) in [7, 11) is 3.63. The predicted molar refractivity (Wildman–Crippen MR) is 109 cm³/mol. The van der Waals surface area contributed by atoms with Crippen LogP contribution in [0.15, 0.2) is 60.1 Å². The molecular weight excluding hydrogens is 358 g/mol. The molecule has 2 aromatic carbocycles. The van der Waals surface area contributed by atoms with E-state index in [9.17, 15) is 4.79 Å². The molecule has 2 heterocycles. The molecule has 4 rings (SSSR count). The number of methoxy groups -OCH3 is 1. The van der Waals surface area contributed by atoms with Crippen LogP contribution in [-0.4, -0.2) is 22.6 Å². The first kappa shape index (κ1) is 17.3. The molecule has 5 nitrogen and oxygen atoms in total. The highest BCUT2D eigenvalue weighted by atomic mass is 32.1. The largest absolute Gasteiger partial charge is 0.497 e. The summed E-state index contributed by atoms with van der Waals surface area (Å²) < 4.78 is 7.30. The number of fused-ring (bicyclic) bond motifs is 1. The monoisotopic (exact) mass is 377 g/mol. The molecule has 27 heavy (non-hydrogen) atoms. The minimum atomic E-state index is -0.0751. The Balaban J connectivity index is 1.49. The van der Waals surface area contributed by atoms with E-state index in [-0.39, 0.29) is 12.3 Å². The van der Waals surface area contributed by atoms with Crippen LogP contribution >= 0.6 is 11.3 Å². The molecule has 0 radical (unpaired) electrons. The van der Waals surface area contributed by atoms with Gasteiger partial charge < -0.3 is 14.6 Å². The molecule has 1 amide bonds. The number of aryl methyl sites for hydroxylation is 1. The van der Waals surface area contributed by atoms with Gasteiger partial charge in [-0.2, -0.15) is 0 Å². The first-order valence-electron chi connectivity index (χ1n) is 8.57. The number of ether oxygens (including phenoxy) is 1. The van der Waals surface area contributed by atoms with Gasteiger partial charge in [0.1, 0.15) is 10.8 Å². The van der Waals surface area contributed by atoms with Crippen LogP contribution in [0.4, 0.5) is 5.69 Å². The summed E-state index contributed by atoms with van der Waals surface area (Å²) in [5, 5.41) is 6.84. The summed E-state index contributed by atoms with van der Waals surface area (Å²) in [5.74, 6) is 0.715. The zero-order valence-electron chi connectivity index (χ0n) is 15.1. The topological polar surface area (TPSA) is 56.1 Å². The highest BCUT2D eigenvalue weighted by molar-refractivity contribution is 7.13. The normalized spacial score (nSPS) is 10.9. The number of amides is 1. The molecule has 6 heteroatoms. The Morgan fingerprint density at radius 3 is 2.93 bits per heavy atom. The summed E-state index contributed by atoms with van der Waals surface area (Å²) in [6.45, 7) is 0. The summed E-state index contributed by atoms with van der Waals surface area (Å²) in [6.07, 6.45) is 2.23. The lowest BCUT2D eigenvalue weighted by atomic mass is 10.2. The molecule has 4 aromatic rings. The van der Waals surface area contributed by atoms with Crippen molar-refractivity contribution in [2.45, 2.75) is 6.42 Å². The molecular formula is C21H19N3O2S. The van der Waals surface area contributed by atoms with Gasteiger partial charge in [-0.1, -0.05) is 18.2 Å². The Morgan fingerprint density at radius 1 is 1.22 bits per heavy atom. The standard InChI is InChI=1S/C21H19N3O2S/c1-24-10-9-17-18(7-4-8-19(17)24)23-20(25)12-15-13-27-21(22-15)14-5-3-6-16(11-14)26-2/h3-11,13H,12H2,1-2H3,(H,23,25). The second-order valence-electron chi connectivity index (χ2n) is 6.27. The van der Waals surface area contributed by atoms with E-state index in [2.05, 4.69) is 10.3 Å². The fraction of sp³-hybridized carbons (Fsp3) is 0.143. The molecule has 0 bridgehead atoms. The van der Waals surface area contributed by atoms with Crippen LogP contribution < -0.4 is 10.1 Å². The van der Waals surface area contributed by atoms with Crippen molar-refractivity contribution in [1.82, 2.24) is 9.55 Å². The molecule has 0 fully saturated rings. The van der Waals surface area contributed by atoms with Gasteiger partial charge in [0.25, 0.3) is 0 Å². The third-order valence-corrected chi connectivity index (χ3v) is 5.35. The van der Waals surface area contributed by atoms with Crippen molar-refractivity contribution >= 4 is 33.8 Å². The third-order valence-electron chi connectivity index (χ3n) is 4.41. The lowest BCUT2D eigenvalue weighted by Gasteiger charge is -2.06. The van der Waals surface area contributed by atoms with E-state index in [1.54, 1.807) is 7.11 Å². The van der Waals surface area contributed by atoms with E-state index in [0.717, 1.165) is 38.6 Å². The van der Waals surface area contributed by atoms with E-state index >= 15 is 0 Å². The number of nitrogens with one attached hydrogen (secondary N) is 1. The van der Waals surface area contributed by atoms with E-state index in [4.69, 9.17) is 4.74 Å². The first-order chi connectivity index (χ1) is 13.1. The van der Waals surface area contributed by atoms with Gasteiger partial charge in [-0.15, -0.1) is 11.3 Å². The van der Waals surface area contributed by atoms with Crippen LogP contribution in [0.25, 0.3) is 21.5 Å². The molecule has 2 aromatic heterocycles. The molecule has 0 saturated carbocycles. The molecule has 0 spiro atoms. The summed E-state index contributed by atoms with van der Waals surface area (Å²) in [6, 6.07) is 15.7. The SMILES string of the molecule is COc1cccc(-c2nc(CC(=O)Nc3cccc4c3ccn4C)cs2)c1. The molecule has 0 aliphatic heterocycles. The van der Waals surface area contributed by atoms with Crippen LogP contribution in [0.3, 0.4) is 0 Å². The summed E-state index contributed by atoms with van der Waals surface area (Å²) in [4.78, 5) is 17.1. The zero-order valence-corrected chi connectivity index (χ0v) is 15.9. The van der Waals surface area contributed by atoms with Gasteiger partial charge >= 0.3 is 0 Å². The number of benzene rings is 2. The second kappa shape index (κ2) is 7.25. The highest BCUT2D eigenvalue weighted by Crippen LogP contribution is 2.27. The van der Waals surface area contributed by atoms with Crippen LogP contribution in [0.2, 0.25) is 0 Å². The van der Waals surface area contributed by atoms with Crippen LogP contribution in [0.5, 0.6) is 5.75 Å². The predicted octanol–water partition coefficient (Wildman–Crippen LogP) is 4.49. The Labute approximate surface area is 161 Å². The van der Waals surface area contributed by atoms with E-state index in [0.29, 0.717) is 0 Å². The van der Waals surface area contributed by atoms with Gasteiger partial charge in [-0.3, -0.25) is 4.79 Å². The lowest BCUT2D eigenvalue weighted by molar-refractivity contribution is -0.115. The number of anilines is 1. The average molecular weight is 377 g/mol. The summed E-state index contributed by atoms with van der Waals surface area (Å²) in [5.41, 5.74) is 3.65. The van der Waals surface area contributed by atoms with Crippen LogP contribution in [0, 0.1) is 0 Å². The molecule has 0 aliphatic rings. The van der Waals surface area contributed by atoms with Crippen LogP contribution in [-0.2, 0) is 18.3 Å². The summed E-state index contributed by atoms with van der Waals surface area (Å²) >= 11 is 1.53. The quantitative estimate of drug-likeness (QED) is 0.557. The number of carbonyl (C=O) groups excluding carboxylic acids is 1. The van der Waals surface area contributed by atoms with Crippen molar-refractivity contribution in [2.75, 3.05) is 12.4 Å². The first-order valence-corrected chi connectivity index (χ1v) is 9.45. The number of thiazole rings is 1. The second-order valence-corrected chi connectivity index (χ2v) is 7.12. The Morgan fingerprint density at radius 2 is 2.07 bits per heavy atom. The molecule has 1 N–H and O–H groups in total. The van der Waals surface area contributed by atoms with E-state index < -0.39 is 0 Å². The number of nitrogens with zero attached hydrogens (tertiary/aromatic N) is 2. The fourth-order valence-electron chi connectivity index (χ4n) is 3.05. The Bertz CT molecular complexity index is 1110. The smallest absolute Gasteiger partial charge is 0.230 e. The molecule has 0 unspecified atom stereocenters. The van der Waals surface area contributed by atoms with Gasteiger partial charge in [0.2, 0.25) is 5.91 Å². The van der Waals surface area contributed by atoms with Gasteiger partial charge in [0.15, 0.2) is 0 Å². The number of hydrogen-bond acceptors (Lipinski definition) is 4. The molecule has 0 aliphatic carbocycles. The number of carbonyl (C=O) groups is 1. The van der Waals surface area contributed by atoms with Crippen molar-refractivity contribution in [3.63, 3.8) is 0 Å². The van der Waals surface area contributed by atoms with Crippen molar-refractivity contribution in [3.8, 4) is 16.3 Å². The minimum absolute atomic E-state index is 0.0751. The third kappa shape index (κ3) is 3.57. The van der Waals surface area contributed by atoms with Crippen molar-refractivity contribution in [3.05, 3.63) is 65.8 Å². The molecule has 136 valence electrons. The van der Waals surface area contributed by atoms with E-state index in [1.165, 1.54) is 11.3 Å². The van der Waals surface area contributed by atoms with Gasteiger partial charge in [-0.05, 0) is 30.3 Å². The molecule has 0 atom stereocenters. The van der Waals surface area contributed by atoms with Gasteiger partial charge in [0.05, 0.1) is 24.9 Å². The van der Waals surface area contributed by atoms with Gasteiger partial charge in [-0.25, -0.2) is 4.98 Å². The number of aromatic nitrogens is 2. The average Bonchev–Trinajstić information content (AvgIpc) is 3.30.